The smallest absolute Gasteiger partial charge is 0.203 e. The molecule has 0 unspecified atom stereocenters. The second kappa shape index (κ2) is 6.72. The van der Waals surface area contributed by atoms with E-state index < -0.39 is 0 Å². The van der Waals surface area contributed by atoms with Crippen LogP contribution in [0, 0.1) is 6.92 Å². The maximum atomic E-state index is 6.16. The second-order valence-corrected chi connectivity index (χ2v) is 5.79. The SMILES string of the molecule is Cc1csc(N/N=C\c2ccc(OC(C)C)c(Cl)c2)n1. The molecule has 1 aromatic carbocycles. The van der Waals surface area contributed by atoms with Crippen molar-refractivity contribution in [3.8, 4) is 5.75 Å². The van der Waals surface area contributed by atoms with Gasteiger partial charge in [-0.05, 0) is 44.5 Å². The minimum Gasteiger partial charge on any atom is -0.489 e. The average molecular weight is 310 g/mol. The number of rotatable bonds is 5. The molecule has 0 saturated heterocycles. The van der Waals surface area contributed by atoms with Crippen molar-refractivity contribution in [3.63, 3.8) is 0 Å². The van der Waals surface area contributed by atoms with E-state index in [4.69, 9.17) is 16.3 Å². The highest BCUT2D eigenvalue weighted by Gasteiger charge is 2.04. The van der Waals surface area contributed by atoms with Crippen molar-refractivity contribution in [2.24, 2.45) is 5.10 Å². The Hall–Kier alpha value is -1.59. The van der Waals surface area contributed by atoms with E-state index in [2.05, 4.69) is 15.5 Å². The van der Waals surface area contributed by atoms with Gasteiger partial charge in [-0.1, -0.05) is 11.6 Å². The Balaban J connectivity index is 2.01. The topological polar surface area (TPSA) is 46.5 Å². The number of hydrogen-bond donors (Lipinski definition) is 1. The van der Waals surface area contributed by atoms with Crippen LogP contribution in [0.2, 0.25) is 5.02 Å². The zero-order chi connectivity index (χ0) is 14.5. The quantitative estimate of drug-likeness (QED) is 0.660. The number of hydrogen-bond acceptors (Lipinski definition) is 5. The summed E-state index contributed by atoms with van der Waals surface area (Å²) >= 11 is 7.67. The van der Waals surface area contributed by atoms with Crippen molar-refractivity contribution in [2.45, 2.75) is 26.9 Å². The van der Waals surface area contributed by atoms with Gasteiger partial charge >= 0.3 is 0 Å². The van der Waals surface area contributed by atoms with E-state index in [1.807, 2.05) is 44.4 Å². The predicted molar refractivity (Wildman–Crippen MR) is 85.3 cm³/mol. The Kier molecular flexibility index (Phi) is 4.98. The van der Waals surface area contributed by atoms with Gasteiger partial charge in [-0.25, -0.2) is 4.98 Å². The highest BCUT2D eigenvalue weighted by molar-refractivity contribution is 7.13. The van der Waals surface area contributed by atoms with Gasteiger partial charge in [-0.2, -0.15) is 5.10 Å². The van der Waals surface area contributed by atoms with Crippen LogP contribution in [0.15, 0.2) is 28.7 Å². The summed E-state index contributed by atoms with van der Waals surface area (Å²) in [4.78, 5) is 4.25. The van der Waals surface area contributed by atoms with Gasteiger partial charge in [0.1, 0.15) is 5.75 Å². The maximum absolute atomic E-state index is 6.16. The molecular weight excluding hydrogens is 294 g/mol. The predicted octanol–water partition coefficient (Wildman–Crippen LogP) is 4.34. The van der Waals surface area contributed by atoms with Crippen LogP contribution in [-0.4, -0.2) is 17.3 Å². The third-order valence-corrected chi connectivity index (χ3v) is 3.47. The monoisotopic (exact) mass is 309 g/mol. The van der Waals surface area contributed by atoms with Crippen molar-refractivity contribution >= 4 is 34.3 Å². The first-order valence-corrected chi connectivity index (χ1v) is 7.48. The summed E-state index contributed by atoms with van der Waals surface area (Å²) in [6, 6.07) is 5.57. The Morgan fingerprint density at radius 3 is 2.85 bits per heavy atom. The lowest BCUT2D eigenvalue weighted by Crippen LogP contribution is -2.05. The summed E-state index contributed by atoms with van der Waals surface area (Å²) in [5, 5.41) is 7.44. The van der Waals surface area contributed by atoms with Crippen LogP contribution < -0.4 is 10.2 Å². The van der Waals surface area contributed by atoms with Crippen LogP contribution in [-0.2, 0) is 0 Å². The molecule has 1 N–H and O–H groups in total. The number of aromatic nitrogens is 1. The van der Waals surface area contributed by atoms with E-state index in [0.717, 1.165) is 16.4 Å². The standard InChI is InChI=1S/C14H16ClN3OS/c1-9(2)19-13-5-4-11(6-12(13)15)7-16-18-14-17-10(3)8-20-14/h4-9H,1-3H3,(H,17,18)/b16-7-. The number of thiazole rings is 1. The van der Waals surface area contributed by atoms with E-state index in [-0.39, 0.29) is 6.10 Å². The molecule has 0 atom stereocenters. The third kappa shape index (κ3) is 4.21. The first-order valence-electron chi connectivity index (χ1n) is 6.22. The number of aryl methyl sites for hydroxylation is 1. The third-order valence-electron chi connectivity index (χ3n) is 2.31. The number of anilines is 1. The molecule has 1 heterocycles. The first-order chi connectivity index (χ1) is 9.54. The average Bonchev–Trinajstić information content (AvgIpc) is 2.78. The van der Waals surface area contributed by atoms with Crippen LogP contribution in [0.4, 0.5) is 5.13 Å². The second-order valence-electron chi connectivity index (χ2n) is 4.52. The normalized spacial score (nSPS) is 11.2. The molecule has 4 nitrogen and oxygen atoms in total. The molecule has 0 bridgehead atoms. The van der Waals surface area contributed by atoms with Gasteiger partial charge < -0.3 is 4.74 Å². The van der Waals surface area contributed by atoms with Gasteiger partial charge in [0.15, 0.2) is 0 Å². The largest absolute Gasteiger partial charge is 0.489 e. The molecular formula is C14H16ClN3OS. The van der Waals surface area contributed by atoms with Crippen LogP contribution >= 0.6 is 22.9 Å². The number of benzene rings is 1. The summed E-state index contributed by atoms with van der Waals surface area (Å²) < 4.78 is 5.58. The Morgan fingerprint density at radius 2 is 2.25 bits per heavy atom. The molecule has 0 aliphatic rings. The van der Waals surface area contributed by atoms with Crippen LogP contribution in [0.25, 0.3) is 0 Å². The van der Waals surface area contributed by atoms with Gasteiger partial charge in [0.05, 0.1) is 23.0 Å². The van der Waals surface area contributed by atoms with E-state index in [1.165, 1.54) is 11.3 Å². The summed E-state index contributed by atoms with van der Waals surface area (Å²) in [6.07, 6.45) is 1.80. The lowest BCUT2D eigenvalue weighted by atomic mass is 10.2. The van der Waals surface area contributed by atoms with E-state index in [0.29, 0.717) is 10.8 Å². The minimum absolute atomic E-state index is 0.0989. The molecule has 6 heteroatoms. The molecule has 0 radical (unpaired) electrons. The van der Waals surface area contributed by atoms with Gasteiger partial charge in [-0.15, -0.1) is 11.3 Å². The molecule has 2 rings (SSSR count). The first kappa shape index (κ1) is 14.8. The fourth-order valence-corrected chi connectivity index (χ4v) is 2.38. The summed E-state index contributed by atoms with van der Waals surface area (Å²) in [7, 11) is 0. The Morgan fingerprint density at radius 1 is 1.45 bits per heavy atom. The molecule has 1 aromatic heterocycles. The van der Waals surface area contributed by atoms with Gasteiger partial charge in [0, 0.05) is 5.38 Å². The highest BCUT2D eigenvalue weighted by Crippen LogP contribution is 2.25. The number of nitrogens with one attached hydrogen (secondary N) is 1. The lowest BCUT2D eigenvalue weighted by Gasteiger charge is -2.11. The van der Waals surface area contributed by atoms with Gasteiger partial charge in [0.25, 0.3) is 0 Å². The fourth-order valence-electron chi connectivity index (χ4n) is 1.51. The fraction of sp³-hybridized carbons (Fsp3) is 0.286. The molecule has 106 valence electrons. The number of nitrogens with zero attached hydrogens (tertiary/aromatic N) is 2. The molecule has 0 fully saturated rings. The summed E-state index contributed by atoms with van der Waals surface area (Å²) in [5.41, 5.74) is 4.76. The van der Waals surface area contributed by atoms with E-state index in [9.17, 15) is 0 Å². The molecule has 0 amide bonds. The van der Waals surface area contributed by atoms with E-state index >= 15 is 0 Å². The Bertz CT molecular complexity index is 610. The van der Waals surface area contributed by atoms with Crippen LogP contribution in [0.3, 0.4) is 0 Å². The zero-order valence-electron chi connectivity index (χ0n) is 11.6. The van der Waals surface area contributed by atoms with Crippen LogP contribution in [0.5, 0.6) is 5.75 Å². The maximum Gasteiger partial charge on any atom is 0.203 e. The molecule has 0 aliphatic carbocycles. The molecule has 20 heavy (non-hydrogen) atoms. The number of hydrazone groups is 1. The zero-order valence-corrected chi connectivity index (χ0v) is 13.1. The molecule has 2 aromatic rings. The van der Waals surface area contributed by atoms with Crippen molar-refractivity contribution in [3.05, 3.63) is 39.9 Å². The summed E-state index contributed by atoms with van der Waals surface area (Å²) in [6.45, 7) is 5.87. The minimum atomic E-state index is 0.0989. The number of ether oxygens (including phenoxy) is 1. The summed E-state index contributed by atoms with van der Waals surface area (Å²) in [5.74, 6) is 0.683. The van der Waals surface area contributed by atoms with Gasteiger partial charge in [0.2, 0.25) is 5.13 Å². The lowest BCUT2D eigenvalue weighted by molar-refractivity contribution is 0.242. The van der Waals surface area contributed by atoms with Crippen molar-refractivity contribution in [2.75, 3.05) is 5.43 Å². The van der Waals surface area contributed by atoms with Crippen molar-refractivity contribution < 1.29 is 4.74 Å². The Labute approximate surface area is 127 Å². The van der Waals surface area contributed by atoms with Crippen LogP contribution in [0.1, 0.15) is 25.1 Å². The number of halogens is 1. The van der Waals surface area contributed by atoms with Gasteiger partial charge in [-0.3, -0.25) is 5.43 Å². The molecule has 0 aliphatic heterocycles. The highest BCUT2D eigenvalue weighted by atomic mass is 35.5. The molecule has 0 saturated carbocycles. The van der Waals surface area contributed by atoms with Crippen molar-refractivity contribution in [1.29, 1.82) is 0 Å². The van der Waals surface area contributed by atoms with E-state index in [1.54, 1.807) is 6.21 Å². The van der Waals surface area contributed by atoms with Crippen molar-refractivity contribution in [1.82, 2.24) is 4.98 Å². The molecule has 0 spiro atoms.